The predicted octanol–water partition coefficient (Wildman–Crippen LogP) is 0.850. The molecule has 0 unspecified atom stereocenters. The van der Waals surface area contributed by atoms with Gasteiger partial charge in [-0.1, -0.05) is 0 Å². The lowest BCUT2D eigenvalue weighted by Gasteiger charge is -2.05. The fourth-order valence-electron chi connectivity index (χ4n) is 2.02. The molecule has 66 valence electrons. The summed E-state index contributed by atoms with van der Waals surface area (Å²) in [4.78, 5) is 4.52. The minimum absolute atomic E-state index is 0.570. The number of fused-ring (bicyclic) bond motifs is 1. The number of imidazole rings is 1. The van der Waals surface area contributed by atoms with Crippen molar-refractivity contribution in [3.8, 4) is 0 Å². The average molecular weight is 165 g/mol. The highest BCUT2D eigenvalue weighted by molar-refractivity contribution is 5.22. The lowest BCUT2D eigenvalue weighted by molar-refractivity contribution is 0.658. The number of rotatable bonds is 2. The van der Waals surface area contributed by atoms with Crippen LogP contribution in [0.4, 0.5) is 0 Å². The van der Waals surface area contributed by atoms with Gasteiger partial charge in [-0.05, 0) is 26.2 Å². The number of hydrogen-bond donors (Lipinski definition) is 1. The summed E-state index contributed by atoms with van der Waals surface area (Å²) in [5, 5.41) is 0. The fourth-order valence-corrected chi connectivity index (χ4v) is 2.02. The van der Waals surface area contributed by atoms with Crippen LogP contribution in [0.15, 0.2) is 0 Å². The van der Waals surface area contributed by atoms with E-state index in [1.54, 1.807) is 0 Å². The number of aryl methyl sites for hydroxylation is 1. The predicted molar refractivity (Wildman–Crippen MR) is 47.8 cm³/mol. The number of nitrogens with two attached hydrogens (primary N) is 1. The zero-order chi connectivity index (χ0) is 8.55. The van der Waals surface area contributed by atoms with Crippen LogP contribution in [-0.2, 0) is 25.9 Å². The van der Waals surface area contributed by atoms with E-state index in [-0.39, 0.29) is 0 Å². The molecule has 0 spiro atoms. The number of nitrogens with zero attached hydrogens (tertiary/aromatic N) is 2. The first-order valence-electron chi connectivity index (χ1n) is 4.64. The molecule has 3 nitrogen and oxygen atoms in total. The van der Waals surface area contributed by atoms with Gasteiger partial charge in [0.15, 0.2) is 0 Å². The SMILES string of the molecule is CCn1c(CN)nc2c1CCC2. The smallest absolute Gasteiger partial charge is 0.122 e. The molecule has 1 heterocycles. The molecule has 0 saturated carbocycles. The maximum Gasteiger partial charge on any atom is 0.122 e. The van der Waals surface area contributed by atoms with Crippen LogP contribution in [0.25, 0.3) is 0 Å². The first-order chi connectivity index (χ1) is 5.86. The van der Waals surface area contributed by atoms with Crippen molar-refractivity contribution in [3.05, 3.63) is 17.2 Å². The van der Waals surface area contributed by atoms with Crippen molar-refractivity contribution in [2.75, 3.05) is 0 Å². The summed E-state index contributed by atoms with van der Waals surface area (Å²) in [5.41, 5.74) is 8.32. The third-order valence-electron chi connectivity index (χ3n) is 2.56. The molecular weight excluding hydrogens is 150 g/mol. The van der Waals surface area contributed by atoms with Crippen molar-refractivity contribution in [1.29, 1.82) is 0 Å². The topological polar surface area (TPSA) is 43.8 Å². The van der Waals surface area contributed by atoms with Crippen LogP contribution >= 0.6 is 0 Å². The standard InChI is InChI=1S/C9H15N3/c1-2-12-8-5-3-4-7(8)11-9(12)6-10/h2-6,10H2,1H3. The minimum Gasteiger partial charge on any atom is -0.331 e. The third kappa shape index (κ3) is 0.966. The Bertz CT molecular complexity index is 288. The zero-order valence-electron chi connectivity index (χ0n) is 7.51. The molecule has 1 aliphatic carbocycles. The van der Waals surface area contributed by atoms with Gasteiger partial charge >= 0.3 is 0 Å². The maximum absolute atomic E-state index is 5.60. The van der Waals surface area contributed by atoms with Gasteiger partial charge in [-0.25, -0.2) is 4.98 Å². The van der Waals surface area contributed by atoms with Gasteiger partial charge in [-0.2, -0.15) is 0 Å². The van der Waals surface area contributed by atoms with E-state index in [9.17, 15) is 0 Å². The molecular formula is C9H15N3. The van der Waals surface area contributed by atoms with E-state index in [1.165, 1.54) is 24.2 Å². The van der Waals surface area contributed by atoms with E-state index in [0.717, 1.165) is 18.8 Å². The fraction of sp³-hybridized carbons (Fsp3) is 0.667. The van der Waals surface area contributed by atoms with E-state index in [0.29, 0.717) is 6.54 Å². The van der Waals surface area contributed by atoms with Crippen LogP contribution in [-0.4, -0.2) is 9.55 Å². The molecule has 0 bridgehead atoms. The Morgan fingerprint density at radius 3 is 3.00 bits per heavy atom. The summed E-state index contributed by atoms with van der Waals surface area (Å²) in [6.07, 6.45) is 3.61. The molecule has 1 aliphatic rings. The third-order valence-corrected chi connectivity index (χ3v) is 2.56. The Morgan fingerprint density at radius 1 is 1.50 bits per heavy atom. The van der Waals surface area contributed by atoms with Crippen molar-refractivity contribution < 1.29 is 0 Å². The van der Waals surface area contributed by atoms with E-state index in [4.69, 9.17) is 5.73 Å². The van der Waals surface area contributed by atoms with Crippen LogP contribution in [0.2, 0.25) is 0 Å². The molecule has 0 atom stereocenters. The van der Waals surface area contributed by atoms with Gasteiger partial charge in [-0.3, -0.25) is 0 Å². The van der Waals surface area contributed by atoms with Gasteiger partial charge in [0.25, 0.3) is 0 Å². The lowest BCUT2D eigenvalue weighted by Crippen LogP contribution is -2.09. The van der Waals surface area contributed by atoms with Crippen molar-refractivity contribution in [2.24, 2.45) is 5.73 Å². The molecule has 0 amide bonds. The van der Waals surface area contributed by atoms with E-state index in [1.807, 2.05) is 0 Å². The summed E-state index contributed by atoms with van der Waals surface area (Å²) in [7, 11) is 0. The van der Waals surface area contributed by atoms with Crippen molar-refractivity contribution >= 4 is 0 Å². The van der Waals surface area contributed by atoms with E-state index < -0.39 is 0 Å². The normalized spacial score (nSPS) is 15.2. The molecule has 0 aromatic carbocycles. The second-order valence-corrected chi connectivity index (χ2v) is 3.22. The lowest BCUT2D eigenvalue weighted by atomic mass is 10.3. The quantitative estimate of drug-likeness (QED) is 0.706. The summed E-state index contributed by atoms with van der Waals surface area (Å²) in [6.45, 7) is 3.73. The average Bonchev–Trinajstić information content (AvgIpc) is 2.61. The molecule has 0 radical (unpaired) electrons. The summed E-state index contributed by atoms with van der Waals surface area (Å²) in [6, 6.07) is 0. The highest BCUT2D eigenvalue weighted by Gasteiger charge is 2.19. The first-order valence-corrected chi connectivity index (χ1v) is 4.64. The van der Waals surface area contributed by atoms with Crippen LogP contribution in [0.5, 0.6) is 0 Å². The Labute approximate surface area is 72.6 Å². The molecule has 2 N–H and O–H groups in total. The van der Waals surface area contributed by atoms with E-state index >= 15 is 0 Å². The highest BCUT2D eigenvalue weighted by atomic mass is 15.1. The van der Waals surface area contributed by atoms with Gasteiger partial charge in [0.2, 0.25) is 0 Å². The van der Waals surface area contributed by atoms with Crippen LogP contribution in [0, 0.1) is 0 Å². The molecule has 0 aliphatic heterocycles. The Kier molecular flexibility index (Phi) is 1.89. The monoisotopic (exact) mass is 165 g/mol. The van der Waals surface area contributed by atoms with Crippen LogP contribution in [0.3, 0.4) is 0 Å². The van der Waals surface area contributed by atoms with Gasteiger partial charge in [0.05, 0.1) is 12.2 Å². The Hall–Kier alpha value is -0.830. The molecule has 3 heteroatoms. The largest absolute Gasteiger partial charge is 0.331 e. The number of hydrogen-bond acceptors (Lipinski definition) is 2. The molecule has 1 aromatic rings. The highest BCUT2D eigenvalue weighted by Crippen LogP contribution is 2.22. The summed E-state index contributed by atoms with van der Waals surface area (Å²) >= 11 is 0. The van der Waals surface area contributed by atoms with Crippen LogP contribution < -0.4 is 5.73 Å². The second-order valence-electron chi connectivity index (χ2n) is 3.22. The van der Waals surface area contributed by atoms with Crippen molar-refractivity contribution in [2.45, 2.75) is 39.3 Å². The van der Waals surface area contributed by atoms with Crippen molar-refractivity contribution in [1.82, 2.24) is 9.55 Å². The summed E-state index contributed by atoms with van der Waals surface area (Å²) in [5.74, 6) is 1.06. The Morgan fingerprint density at radius 2 is 2.33 bits per heavy atom. The van der Waals surface area contributed by atoms with Gasteiger partial charge in [0, 0.05) is 12.2 Å². The van der Waals surface area contributed by atoms with Gasteiger partial charge < -0.3 is 10.3 Å². The summed E-state index contributed by atoms with van der Waals surface area (Å²) < 4.78 is 2.27. The molecule has 1 aromatic heterocycles. The van der Waals surface area contributed by atoms with E-state index in [2.05, 4.69) is 16.5 Å². The number of aromatic nitrogens is 2. The molecule has 2 rings (SSSR count). The Balaban J connectivity index is 2.46. The van der Waals surface area contributed by atoms with Gasteiger partial charge in [-0.15, -0.1) is 0 Å². The van der Waals surface area contributed by atoms with Gasteiger partial charge in [0.1, 0.15) is 5.82 Å². The second kappa shape index (κ2) is 2.90. The zero-order valence-corrected chi connectivity index (χ0v) is 7.51. The molecule has 0 saturated heterocycles. The molecule has 0 fully saturated rings. The van der Waals surface area contributed by atoms with Crippen molar-refractivity contribution in [3.63, 3.8) is 0 Å². The first kappa shape index (κ1) is 7.80. The minimum atomic E-state index is 0.570. The maximum atomic E-state index is 5.60. The van der Waals surface area contributed by atoms with Crippen LogP contribution in [0.1, 0.15) is 30.6 Å². The molecule has 12 heavy (non-hydrogen) atoms.